The number of halogens is 7. The summed E-state index contributed by atoms with van der Waals surface area (Å²) in [6.07, 6.45) is -6.62. The molecule has 2 aromatic rings. The van der Waals surface area contributed by atoms with Crippen molar-refractivity contribution >= 4 is 28.7 Å². The van der Waals surface area contributed by atoms with Crippen LogP contribution in [0.5, 0.6) is 0 Å². The molecule has 0 aliphatic rings. The highest BCUT2D eigenvalue weighted by molar-refractivity contribution is 5.97. The van der Waals surface area contributed by atoms with Crippen molar-refractivity contribution in [1.29, 1.82) is 0 Å². The molecule has 0 atom stereocenters. The van der Waals surface area contributed by atoms with Crippen LogP contribution in [0.3, 0.4) is 0 Å². The Morgan fingerprint density at radius 2 is 1.21 bits per heavy atom. The van der Waals surface area contributed by atoms with Gasteiger partial charge in [0.2, 0.25) is 0 Å². The van der Waals surface area contributed by atoms with Gasteiger partial charge in [-0.15, -0.1) is 0 Å². The molecule has 0 bridgehead atoms. The van der Waals surface area contributed by atoms with Gasteiger partial charge in [0.05, 0.1) is 4.92 Å². The Labute approximate surface area is 157 Å². The number of carbonyl (C=O) groups is 1. The third-order valence-electron chi connectivity index (χ3n) is 3.55. The molecule has 0 spiro atoms. The maximum Gasteiger partial charge on any atom is 0.460 e. The zero-order valence-corrected chi connectivity index (χ0v) is 13.9. The van der Waals surface area contributed by atoms with Crippen LogP contribution in [0, 0.1) is 10.1 Å². The summed E-state index contributed by atoms with van der Waals surface area (Å²) in [6.45, 7) is 0. The molecule has 0 fully saturated rings. The molecule has 2 aromatic carbocycles. The Kier molecular flexibility index (Phi) is 5.71. The Hall–Kier alpha value is -3.38. The molecule has 29 heavy (non-hydrogen) atoms. The van der Waals surface area contributed by atoms with Crippen molar-refractivity contribution in [3.05, 3.63) is 58.6 Å². The molecular weight excluding hydrogens is 415 g/mol. The lowest BCUT2D eigenvalue weighted by atomic mass is 10.1. The molecule has 156 valence electrons. The molecule has 0 unspecified atom stereocenters. The number of nitrogens with one attached hydrogen (secondary N) is 2. The molecule has 2 N–H and O–H groups in total. The first-order chi connectivity index (χ1) is 13.3. The van der Waals surface area contributed by atoms with Crippen molar-refractivity contribution in [3.8, 4) is 0 Å². The lowest BCUT2D eigenvalue weighted by molar-refractivity contribution is -0.384. The van der Waals surface area contributed by atoms with E-state index >= 15 is 0 Å². The normalized spacial score (nSPS) is 12.4. The molecule has 0 radical (unpaired) electrons. The molecule has 6 nitrogen and oxygen atoms in total. The van der Waals surface area contributed by atoms with E-state index in [1.54, 1.807) is 0 Å². The number of non-ortho nitro benzene ring substituents is 1. The van der Waals surface area contributed by atoms with Crippen LogP contribution in [0.4, 0.5) is 53.5 Å². The van der Waals surface area contributed by atoms with E-state index in [2.05, 4.69) is 5.32 Å². The first-order valence-corrected chi connectivity index (χ1v) is 7.51. The fourth-order valence-electron chi connectivity index (χ4n) is 2.00. The Morgan fingerprint density at radius 3 is 1.62 bits per heavy atom. The minimum Gasteiger partial charge on any atom is -0.356 e. The SMILES string of the molecule is O=C(Nc1ccc(Nc2ccc([N+](=O)[O-])cc2)cc1)C(F)(F)C(F)(F)C(F)(F)F. The number of hydrogen-bond donors (Lipinski definition) is 2. The minimum atomic E-state index is -6.62. The first kappa shape index (κ1) is 21.9. The molecular formula is C16H10F7N3O3. The Bertz CT molecular complexity index is 897. The zero-order valence-electron chi connectivity index (χ0n) is 13.9. The lowest BCUT2D eigenvalue weighted by Gasteiger charge is -2.27. The van der Waals surface area contributed by atoms with Gasteiger partial charge in [-0.05, 0) is 36.4 Å². The highest BCUT2D eigenvalue weighted by Gasteiger charge is 2.76. The highest BCUT2D eigenvalue weighted by atomic mass is 19.4. The predicted octanol–water partition coefficient (Wildman–Crippen LogP) is 5.11. The molecule has 0 aliphatic carbocycles. The summed E-state index contributed by atoms with van der Waals surface area (Å²) >= 11 is 0. The first-order valence-electron chi connectivity index (χ1n) is 7.51. The largest absolute Gasteiger partial charge is 0.460 e. The molecule has 13 heteroatoms. The summed E-state index contributed by atoms with van der Waals surface area (Å²) < 4.78 is 88.6. The van der Waals surface area contributed by atoms with E-state index in [1.165, 1.54) is 41.7 Å². The number of nitro groups is 1. The van der Waals surface area contributed by atoms with E-state index in [1.807, 2.05) is 0 Å². The van der Waals surface area contributed by atoms with Gasteiger partial charge < -0.3 is 10.6 Å². The van der Waals surface area contributed by atoms with Crippen molar-refractivity contribution in [2.75, 3.05) is 10.6 Å². The van der Waals surface area contributed by atoms with Crippen molar-refractivity contribution in [1.82, 2.24) is 0 Å². The third-order valence-corrected chi connectivity index (χ3v) is 3.55. The van der Waals surface area contributed by atoms with Crippen LogP contribution in [-0.2, 0) is 4.79 Å². The number of benzene rings is 2. The molecule has 0 saturated heterocycles. The molecule has 2 rings (SSSR count). The number of hydrogen-bond acceptors (Lipinski definition) is 4. The molecule has 0 saturated carbocycles. The van der Waals surface area contributed by atoms with Crippen molar-refractivity contribution in [2.24, 2.45) is 0 Å². The minimum absolute atomic E-state index is 0.162. The molecule has 0 aliphatic heterocycles. The van der Waals surface area contributed by atoms with Crippen LogP contribution < -0.4 is 10.6 Å². The Balaban J connectivity index is 2.08. The van der Waals surface area contributed by atoms with E-state index in [9.17, 15) is 45.6 Å². The van der Waals surface area contributed by atoms with Gasteiger partial charge in [-0.25, -0.2) is 0 Å². The van der Waals surface area contributed by atoms with Gasteiger partial charge >= 0.3 is 23.9 Å². The number of amides is 1. The quantitative estimate of drug-likeness (QED) is 0.383. The summed E-state index contributed by atoms with van der Waals surface area (Å²) in [4.78, 5) is 21.2. The van der Waals surface area contributed by atoms with Gasteiger partial charge in [0.1, 0.15) is 0 Å². The average molecular weight is 425 g/mol. The van der Waals surface area contributed by atoms with Crippen LogP contribution in [0.25, 0.3) is 0 Å². The average Bonchev–Trinajstić information content (AvgIpc) is 2.62. The second-order valence-corrected chi connectivity index (χ2v) is 5.61. The van der Waals surface area contributed by atoms with Gasteiger partial charge in [0.25, 0.3) is 5.69 Å². The lowest BCUT2D eigenvalue weighted by Crippen LogP contribution is -2.57. The topological polar surface area (TPSA) is 84.3 Å². The van der Waals surface area contributed by atoms with Gasteiger partial charge in [0.15, 0.2) is 0 Å². The van der Waals surface area contributed by atoms with E-state index in [0.717, 1.165) is 12.1 Å². The third kappa shape index (κ3) is 4.55. The van der Waals surface area contributed by atoms with Crippen molar-refractivity contribution in [3.63, 3.8) is 0 Å². The fourth-order valence-corrected chi connectivity index (χ4v) is 2.00. The number of nitro benzene ring substituents is 1. The van der Waals surface area contributed by atoms with E-state index in [-0.39, 0.29) is 5.69 Å². The van der Waals surface area contributed by atoms with E-state index in [4.69, 9.17) is 0 Å². The number of alkyl halides is 7. The number of carbonyl (C=O) groups excluding carboxylic acids is 1. The van der Waals surface area contributed by atoms with E-state index < -0.39 is 34.5 Å². The summed E-state index contributed by atoms with van der Waals surface area (Å²) in [5.74, 6) is -15.4. The summed E-state index contributed by atoms with van der Waals surface area (Å²) in [7, 11) is 0. The summed E-state index contributed by atoms with van der Waals surface area (Å²) in [5.41, 5.74) is 0.0973. The second-order valence-electron chi connectivity index (χ2n) is 5.61. The maximum atomic E-state index is 13.3. The van der Waals surface area contributed by atoms with Gasteiger partial charge in [0, 0.05) is 29.2 Å². The summed E-state index contributed by atoms with van der Waals surface area (Å²) in [5, 5.41) is 14.6. The standard InChI is InChI=1S/C16H10F7N3O3/c17-14(18,15(19,20)16(21,22)23)13(27)25-11-3-1-9(2-4-11)24-10-5-7-12(8-6-10)26(28)29/h1-8,24H,(H,25,27). The molecule has 1 amide bonds. The summed E-state index contributed by atoms with van der Waals surface area (Å²) in [6, 6.07) is 9.52. The number of nitrogens with zero attached hydrogens (tertiary/aromatic N) is 1. The van der Waals surface area contributed by atoms with E-state index in [0.29, 0.717) is 11.4 Å². The second kappa shape index (κ2) is 7.56. The molecule has 0 heterocycles. The van der Waals surface area contributed by atoms with Crippen LogP contribution in [0.1, 0.15) is 0 Å². The number of anilines is 3. The smallest absolute Gasteiger partial charge is 0.356 e. The maximum absolute atomic E-state index is 13.3. The van der Waals surface area contributed by atoms with Crippen molar-refractivity contribution in [2.45, 2.75) is 18.0 Å². The monoisotopic (exact) mass is 425 g/mol. The van der Waals surface area contributed by atoms with Crippen LogP contribution >= 0.6 is 0 Å². The Morgan fingerprint density at radius 1 is 0.793 bits per heavy atom. The van der Waals surface area contributed by atoms with Crippen LogP contribution in [0.15, 0.2) is 48.5 Å². The zero-order chi connectivity index (χ0) is 22.0. The number of rotatable bonds is 6. The van der Waals surface area contributed by atoms with Gasteiger partial charge in [-0.1, -0.05) is 0 Å². The van der Waals surface area contributed by atoms with Crippen molar-refractivity contribution < 1.29 is 40.5 Å². The van der Waals surface area contributed by atoms with Crippen LogP contribution in [0.2, 0.25) is 0 Å². The molecule has 0 aromatic heterocycles. The van der Waals surface area contributed by atoms with Gasteiger partial charge in [-0.3, -0.25) is 14.9 Å². The van der Waals surface area contributed by atoms with Crippen LogP contribution in [-0.4, -0.2) is 28.9 Å². The van der Waals surface area contributed by atoms with Gasteiger partial charge in [-0.2, -0.15) is 30.7 Å². The predicted molar refractivity (Wildman–Crippen MR) is 87.4 cm³/mol. The fraction of sp³-hybridized carbons (Fsp3) is 0.188. The highest BCUT2D eigenvalue weighted by Crippen LogP contribution is 2.46.